The Morgan fingerprint density at radius 3 is 2.00 bits per heavy atom. The molecule has 0 amide bonds. The van der Waals surface area contributed by atoms with Gasteiger partial charge in [-0.1, -0.05) is 41.0 Å². The second-order valence-corrected chi connectivity index (χ2v) is 4.46. The average Bonchev–Trinajstić information content (AvgIpc) is 2.01. The highest BCUT2D eigenvalue weighted by Gasteiger charge is 2.33. The van der Waals surface area contributed by atoms with Gasteiger partial charge in [-0.2, -0.15) is 0 Å². The van der Waals surface area contributed by atoms with E-state index in [0.717, 1.165) is 6.42 Å². The lowest BCUT2D eigenvalue weighted by atomic mass is 9.68. The first kappa shape index (κ1) is 11.7. The zero-order chi connectivity index (χ0) is 9.94. The molecule has 2 atom stereocenters. The van der Waals surface area contributed by atoms with E-state index >= 15 is 0 Å². The van der Waals surface area contributed by atoms with Crippen LogP contribution in [0, 0.1) is 17.3 Å². The highest BCUT2D eigenvalue weighted by atomic mass is 16.1. The SMILES string of the molecule is CCC(C)C(C)(C)C(C)C(C)=O. The topological polar surface area (TPSA) is 17.1 Å². The molecule has 1 nitrogen and oxygen atoms in total. The summed E-state index contributed by atoms with van der Waals surface area (Å²) in [4.78, 5) is 11.2. The van der Waals surface area contributed by atoms with Gasteiger partial charge in [0.25, 0.3) is 0 Å². The molecule has 0 radical (unpaired) electrons. The van der Waals surface area contributed by atoms with Crippen molar-refractivity contribution in [2.75, 3.05) is 0 Å². The van der Waals surface area contributed by atoms with Gasteiger partial charge in [0.2, 0.25) is 0 Å². The molecule has 0 aliphatic rings. The fraction of sp³-hybridized carbons (Fsp3) is 0.909. The fourth-order valence-electron chi connectivity index (χ4n) is 1.48. The van der Waals surface area contributed by atoms with Gasteiger partial charge in [0, 0.05) is 5.92 Å². The first-order valence-corrected chi connectivity index (χ1v) is 4.84. The molecule has 12 heavy (non-hydrogen) atoms. The van der Waals surface area contributed by atoms with E-state index in [1.54, 1.807) is 6.92 Å². The molecule has 0 bridgehead atoms. The molecule has 0 fully saturated rings. The van der Waals surface area contributed by atoms with Crippen molar-refractivity contribution in [2.24, 2.45) is 17.3 Å². The predicted octanol–water partition coefficient (Wildman–Crippen LogP) is 3.28. The molecule has 0 aliphatic carbocycles. The van der Waals surface area contributed by atoms with E-state index < -0.39 is 0 Å². The standard InChI is InChI=1S/C11H22O/c1-7-8(2)11(5,6)9(3)10(4)12/h8-9H,7H2,1-6H3. The molecule has 0 aromatic carbocycles. The summed E-state index contributed by atoms with van der Waals surface area (Å²) < 4.78 is 0. The molecular formula is C11H22O. The summed E-state index contributed by atoms with van der Waals surface area (Å²) in [5.74, 6) is 1.09. The van der Waals surface area contributed by atoms with Crippen LogP contribution >= 0.6 is 0 Å². The minimum atomic E-state index is 0.139. The number of hydrogen-bond acceptors (Lipinski definition) is 1. The lowest BCUT2D eigenvalue weighted by Gasteiger charge is -2.35. The average molecular weight is 170 g/mol. The van der Waals surface area contributed by atoms with Crippen LogP contribution in [0.1, 0.15) is 48.0 Å². The molecule has 0 aliphatic heterocycles. The molecule has 0 aromatic rings. The maximum atomic E-state index is 11.2. The van der Waals surface area contributed by atoms with Gasteiger partial charge >= 0.3 is 0 Å². The van der Waals surface area contributed by atoms with Crippen LogP contribution in [-0.4, -0.2) is 5.78 Å². The van der Waals surface area contributed by atoms with Gasteiger partial charge < -0.3 is 0 Å². The van der Waals surface area contributed by atoms with Crippen molar-refractivity contribution in [3.8, 4) is 0 Å². The Morgan fingerprint density at radius 1 is 1.33 bits per heavy atom. The van der Waals surface area contributed by atoms with Crippen molar-refractivity contribution < 1.29 is 4.79 Å². The molecule has 72 valence electrons. The molecule has 1 heteroatoms. The largest absolute Gasteiger partial charge is 0.300 e. The lowest BCUT2D eigenvalue weighted by Crippen LogP contribution is -2.33. The molecule has 0 heterocycles. The van der Waals surface area contributed by atoms with Crippen LogP contribution in [0.4, 0.5) is 0 Å². The van der Waals surface area contributed by atoms with Gasteiger partial charge in [0.05, 0.1) is 0 Å². The van der Waals surface area contributed by atoms with Gasteiger partial charge in [-0.15, -0.1) is 0 Å². The Bertz CT molecular complexity index is 158. The first-order chi connectivity index (χ1) is 5.34. The minimum absolute atomic E-state index is 0.139. The Balaban J connectivity index is 4.48. The molecule has 2 unspecified atom stereocenters. The zero-order valence-electron chi connectivity index (χ0n) is 9.27. The smallest absolute Gasteiger partial charge is 0.133 e. The van der Waals surface area contributed by atoms with E-state index in [2.05, 4.69) is 27.7 Å². The molecule has 0 aromatic heterocycles. The summed E-state index contributed by atoms with van der Waals surface area (Å²) in [6.45, 7) is 12.5. The monoisotopic (exact) mass is 170 g/mol. The maximum Gasteiger partial charge on any atom is 0.133 e. The Morgan fingerprint density at radius 2 is 1.75 bits per heavy atom. The molecule has 0 saturated heterocycles. The summed E-state index contributed by atoms with van der Waals surface area (Å²) >= 11 is 0. The minimum Gasteiger partial charge on any atom is -0.300 e. The fourth-order valence-corrected chi connectivity index (χ4v) is 1.48. The maximum absolute atomic E-state index is 11.2. The Kier molecular flexibility index (Phi) is 3.95. The van der Waals surface area contributed by atoms with E-state index in [1.807, 2.05) is 6.92 Å². The van der Waals surface area contributed by atoms with E-state index in [-0.39, 0.29) is 11.3 Å². The van der Waals surface area contributed by atoms with Crippen molar-refractivity contribution in [3.63, 3.8) is 0 Å². The van der Waals surface area contributed by atoms with Crippen molar-refractivity contribution in [1.29, 1.82) is 0 Å². The van der Waals surface area contributed by atoms with E-state index in [9.17, 15) is 4.79 Å². The number of carbonyl (C=O) groups is 1. The van der Waals surface area contributed by atoms with Gasteiger partial charge in [0.1, 0.15) is 5.78 Å². The third-order valence-corrected chi connectivity index (χ3v) is 3.61. The van der Waals surface area contributed by atoms with Gasteiger partial charge in [-0.25, -0.2) is 0 Å². The molecular weight excluding hydrogens is 148 g/mol. The van der Waals surface area contributed by atoms with E-state index in [1.165, 1.54) is 0 Å². The highest BCUT2D eigenvalue weighted by Crippen LogP contribution is 2.37. The summed E-state index contributed by atoms with van der Waals surface area (Å²) in [5, 5.41) is 0. The van der Waals surface area contributed by atoms with Crippen LogP contribution in [0.25, 0.3) is 0 Å². The Labute approximate surface area is 76.6 Å². The van der Waals surface area contributed by atoms with E-state index in [0.29, 0.717) is 11.7 Å². The summed E-state index contributed by atoms with van der Waals surface area (Å²) in [6, 6.07) is 0. The molecule has 0 spiro atoms. The Hall–Kier alpha value is -0.330. The molecule has 0 saturated carbocycles. The van der Waals surface area contributed by atoms with Crippen LogP contribution in [0.5, 0.6) is 0 Å². The normalized spacial score (nSPS) is 17.2. The molecule has 0 N–H and O–H groups in total. The number of ketones is 1. The van der Waals surface area contributed by atoms with E-state index in [4.69, 9.17) is 0 Å². The lowest BCUT2D eigenvalue weighted by molar-refractivity contribution is -0.124. The first-order valence-electron chi connectivity index (χ1n) is 4.84. The summed E-state index contributed by atoms with van der Waals surface area (Å²) in [6.07, 6.45) is 1.14. The van der Waals surface area contributed by atoms with Gasteiger partial charge in [-0.3, -0.25) is 4.79 Å². The van der Waals surface area contributed by atoms with Crippen LogP contribution in [-0.2, 0) is 4.79 Å². The summed E-state index contributed by atoms with van der Waals surface area (Å²) in [7, 11) is 0. The third kappa shape index (κ3) is 2.33. The summed E-state index contributed by atoms with van der Waals surface area (Å²) in [5.41, 5.74) is 0.139. The van der Waals surface area contributed by atoms with Crippen molar-refractivity contribution in [3.05, 3.63) is 0 Å². The van der Waals surface area contributed by atoms with Crippen LogP contribution in [0.15, 0.2) is 0 Å². The van der Waals surface area contributed by atoms with Crippen LogP contribution in [0.3, 0.4) is 0 Å². The second-order valence-electron chi connectivity index (χ2n) is 4.46. The van der Waals surface area contributed by atoms with Gasteiger partial charge in [0.15, 0.2) is 0 Å². The quantitative estimate of drug-likeness (QED) is 0.632. The highest BCUT2D eigenvalue weighted by molar-refractivity contribution is 5.78. The number of rotatable bonds is 4. The van der Waals surface area contributed by atoms with Gasteiger partial charge in [-0.05, 0) is 18.3 Å². The molecule has 0 rings (SSSR count). The predicted molar refractivity (Wildman–Crippen MR) is 53.1 cm³/mol. The van der Waals surface area contributed by atoms with Crippen molar-refractivity contribution in [1.82, 2.24) is 0 Å². The van der Waals surface area contributed by atoms with Crippen LogP contribution in [0.2, 0.25) is 0 Å². The number of carbonyl (C=O) groups excluding carboxylic acids is 1. The zero-order valence-corrected chi connectivity index (χ0v) is 9.27. The second kappa shape index (κ2) is 4.06. The third-order valence-electron chi connectivity index (χ3n) is 3.61. The number of Topliss-reactive ketones (excluding diaryl/α,β-unsaturated/α-hetero) is 1. The van der Waals surface area contributed by atoms with Crippen LogP contribution < -0.4 is 0 Å². The number of hydrogen-bond donors (Lipinski definition) is 0. The van der Waals surface area contributed by atoms with Crippen molar-refractivity contribution in [2.45, 2.75) is 48.0 Å². The van der Waals surface area contributed by atoms with Crippen molar-refractivity contribution >= 4 is 5.78 Å².